The Bertz CT molecular complexity index is 737. The molecule has 0 bridgehead atoms. The van der Waals surface area contributed by atoms with Gasteiger partial charge in [0.15, 0.2) is 0 Å². The summed E-state index contributed by atoms with van der Waals surface area (Å²) in [4.78, 5) is 4.47. The minimum atomic E-state index is -0.146. The van der Waals surface area contributed by atoms with Gasteiger partial charge in [0.05, 0.1) is 11.6 Å². The van der Waals surface area contributed by atoms with Crippen LogP contribution in [0.25, 0.3) is 10.9 Å². The van der Waals surface area contributed by atoms with E-state index in [1.807, 2.05) is 54.6 Å². The minimum absolute atomic E-state index is 0.146. The van der Waals surface area contributed by atoms with Gasteiger partial charge in [0, 0.05) is 22.2 Å². The second-order valence-electron chi connectivity index (χ2n) is 4.58. The molecule has 0 amide bonds. The fourth-order valence-electron chi connectivity index (χ4n) is 2.41. The molecule has 3 rings (SSSR count). The van der Waals surface area contributed by atoms with Crippen molar-refractivity contribution in [2.45, 2.75) is 6.04 Å². The van der Waals surface area contributed by atoms with E-state index >= 15 is 0 Å². The third-order valence-corrected chi connectivity index (χ3v) is 3.56. The number of halogens is 1. The van der Waals surface area contributed by atoms with Crippen molar-refractivity contribution >= 4 is 22.5 Å². The van der Waals surface area contributed by atoms with Crippen LogP contribution in [-0.4, -0.2) is 4.98 Å². The number of aromatic nitrogens is 1. The average Bonchev–Trinajstić information content (AvgIpc) is 2.48. The first-order chi connectivity index (χ1) is 9.79. The number of nitrogens with one attached hydrogen (secondary N) is 1. The Hall–Kier alpha value is -1.94. The van der Waals surface area contributed by atoms with Crippen LogP contribution in [0, 0.1) is 0 Å². The lowest BCUT2D eigenvalue weighted by atomic mass is 9.97. The number of nitrogens with zero attached hydrogens (tertiary/aromatic N) is 1. The Morgan fingerprint density at radius 2 is 1.85 bits per heavy atom. The van der Waals surface area contributed by atoms with Crippen LogP contribution in [0.5, 0.6) is 0 Å². The molecule has 0 saturated carbocycles. The zero-order chi connectivity index (χ0) is 13.9. The number of hydrazine groups is 1. The van der Waals surface area contributed by atoms with Crippen molar-refractivity contribution in [3.8, 4) is 0 Å². The maximum Gasteiger partial charge on any atom is 0.0753 e. The highest BCUT2D eigenvalue weighted by Gasteiger charge is 2.15. The maximum absolute atomic E-state index is 6.07. The van der Waals surface area contributed by atoms with Gasteiger partial charge in [-0.2, -0.15) is 0 Å². The number of nitrogens with two attached hydrogens (primary N) is 1. The van der Waals surface area contributed by atoms with Gasteiger partial charge in [-0.1, -0.05) is 48.0 Å². The standard InChI is InChI=1S/C16H14ClN3/c17-13-7-1-5-12(10-13)16(20-18)14-8-2-4-11-6-3-9-19-15(11)14/h1-10,16,20H,18H2. The number of hydrogen-bond donors (Lipinski definition) is 2. The van der Waals surface area contributed by atoms with Crippen molar-refractivity contribution in [1.29, 1.82) is 0 Å². The summed E-state index contributed by atoms with van der Waals surface area (Å²) in [6.45, 7) is 0. The van der Waals surface area contributed by atoms with Crippen LogP contribution in [0.3, 0.4) is 0 Å². The molecule has 1 aromatic heterocycles. The number of benzene rings is 2. The van der Waals surface area contributed by atoms with Crippen LogP contribution >= 0.6 is 11.6 Å². The van der Waals surface area contributed by atoms with E-state index < -0.39 is 0 Å². The molecule has 20 heavy (non-hydrogen) atoms. The van der Waals surface area contributed by atoms with Gasteiger partial charge in [0.1, 0.15) is 0 Å². The van der Waals surface area contributed by atoms with Crippen molar-refractivity contribution in [2.75, 3.05) is 0 Å². The fourth-order valence-corrected chi connectivity index (χ4v) is 2.61. The van der Waals surface area contributed by atoms with E-state index in [4.69, 9.17) is 17.4 Å². The van der Waals surface area contributed by atoms with Crippen LogP contribution in [0.2, 0.25) is 5.02 Å². The maximum atomic E-state index is 6.07. The molecule has 4 heteroatoms. The lowest BCUT2D eigenvalue weighted by Crippen LogP contribution is -2.29. The highest BCUT2D eigenvalue weighted by molar-refractivity contribution is 6.30. The molecule has 2 aromatic carbocycles. The topological polar surface area (TPSA) is 50.9 Å². The largest absolute Gasteiger partial charge is 0.271 e. The summed E-state index contributed by atoms with van der Waals surface area (Å²) in [5.41, 5.74) is 5.85. The molecule has 3 N–H and O–H groups in total. The zero-order valence-corrected chi connectivity index (χ0v) is 11.5. The van der Waals surface area contributed by atoms with E-state index in [1.54, 1.807) is 6.20 Å². The summed E-state index contributed by atoms with van der Waals surface area (Å²) < 4.78 is 0. The van der Waals surface area contributed by atoms with Crippen molar-refractivity contribution in [3.05, 3.63) is 76.9 Å². The quantitative estimate of drug-likeness (QED) is 0.572. The van der Waals surface area contributed by atoms with Crippen LogP contribution < -0.4 is 11.3 Å². The highest BCUT2D eigenvalue weighted by atomic mass is 35.5. The van der Waals surface area contributed by atoms with Crippen molar-refractivity contribution in [1.82, 2.24) is 10.4 Å². The number of rotatable bonds is 3. The van der Waals surface area contributed by atoms with Gasteiger partial charge in [0.25, 0.3) is 0 Å². The Labute approximate surface area is 122 Å². The zero-order valence-electron chi connectivity index (χ0n) is 10.8. The third-order valence-electron chi connectivity index (χ3n) is 3.32. The van der Waals surface area contributed by atoms with E-state index in [9.17, 15) is 0 Å². The van der Waals surface area contributed by atoms with E-state index in [0.717, 1.165) is 22.0 Å². The first-order valence-corrected chi connectivity index (χ1v) is 6.72. The SMILES string of the molecule is NNC(c1cccc(Cl)c1)c1cccc2cccnc12. The first-order valence-electron chi connectivity index (χ1n) is 6.35. The van der Waals surface area contributed by atoms with Gasteiger partial charge in [-0.3, -0.25) is 10.8 Å². The molecule has 0 fully saturated rings. The molecule has 3 aromatic rings. The number of para-hydroxylation sites is 1. The van der Waals surface area contributed by atoms with E-state index in [1.165, 1.54) is 0 Å². The lowest BCUT2D eigenvalue weighted by Gasteiger charge is -2.18. The molecule has 0 saturated heterocycles. The molecular weight excluding hydrogens is 270 g/mol. The fraction of sp³-hybridized carbons (Fsp3) is 0.0625. The van der Waals surface area contributed by atoms with Gasteiger partial charge in [-0.25, -0.2) is 5.43 Å². The summed E-state index contributed by atoms with van der Waals surface area (Å²) >= 11 is 6.07. The van der Waals surface area contributed by atoms with Crippen molar-refractivity contribution in [2.24, 2.45) is 5.84 Å². The summed E-state index contributed by atoms with van der Waals surface area (Å²) in [5, 5.41) is 1.78. The third kappa shape index (κ3) is 2.39. The molecule has 3 nitrogen and oxygen atoms in total. The summed E-state index contributed by atoms with van der Waals surface area (Å²) in [6.07, 6.45) is 1.79. The van der Waals surface area contributed by atoms with E-state index in [0.29, 0.717) is 5.02 Å². The smallest absolute Gasteiger partial charge is 0.0753 e. The van der Waals surface area contributed by atoms with Gasteiger partial charge in [0.2, 0.25) is 0 Å². The van der Waals surface area contributed by atoms with Crippen molar-refractivity contribution < 1.29 is 0 Å². The van der Waals surface area contributed by atoms with Gasteiger partial charge < -0.3 is 0 Å². The minimum Gasteiger partial charge on any atom is -0.271 e. The van der Waals surface area contributed by atoms with Gasteiger partial charge in [-0.05, 0) is 23.8 Å². The van der Waals surface area contributed by atoms with Gasteiger partial charge >= 0.3 is 0 Å². The first kappa shape index (κ1) is 13.1. The highest BCUT2D eigenvalue weighted by Crippen LogP contribution is 2.28. The Balaban J connectivity index is 2.17. The van der Waals surface area contributed by atoms with Crippen LogP contribution in [0.15, 0.2) is 60.8 Å². The molecule has 1 atom stereocenters. The van der Waals surface area contributed by atoms with E-state index in [2.05, 4.69) is 10.4 Å². The summed E-state index contributed by atoms with van der Waals surface area (Å²) in [6, 6.07) is 17.6. The second kappa shape index (κ2) is 5.59. The molecule has 0 spiro atoms. The Morgan fingerprint density at radius 1 is 1.05 bits per heavy atom. The van der Waals surface area contributed by atoms with Crippen LogP contribution in [-0.2, 0) is 0 Å². The second-order valence-corrected chi connectivity index (χ2v) is 5.01. The van der Waals surface area contributed by atoms with Crippen LogP contribution in [0.4, 0.5) is 0 Å². The normalized spacial score (nSPS) is 12.5. The molecule has 1 unspecified atom stereocenters. The molecule has 0 aliphatic heterocycles. The van der Waals surface area contributed by atoms with Crippen molar-refractivity contribution in [3.63, 3.8) is 0 Å². The molecule has 0 aliphatic rings. The molecular formula is C16H14ClN3. The molecule has 0 radical (unpaired) electrons. The Morgan fingerprint density at radius 3 is 2.65 bits per heavy atom. The predicted octanol–water partition coefficient (Wildman–Crippen LogP) is 3.44. The average molecular weight is 284 g/mol. The number of fused-ring (bicyclic) bond motifs is 1. The number of pyridine rings is 1. The Kier molecular flexibility index (Phi) is 3.65. The predicted molar refractivity (Wildman–Crippen MR) is 82.4 cm³/mol. The van der Waals surface area contributed by atoms with E-state index in [-0.39, 0.29) is 6.04 Å². The van der Waals surface area contributed by atoms with Crippen LogP contribution in [0.1, 0.15) is 17.2 Å². The molecule has 100 valence electrons. The van der Waals surface area contributed by atoms with Gasteiger partial charge in [-0.15, -0.1) is 0 Å². The summed E-state index contributed by atoms with van der Waals surface area (Å²) in [7, 11) is 0. The monoisotopic (exact) mass is 283 g/mol. The molecule has 1 heterocycles. The molecule has 0 aliphatic carbocycles. The summed E-state index contributed by atoms with van der Waals surface area (Å²) in [5.74, 6) is 5.76. The lowest BCUT2D eigenvalue weighted by molar-refractivity contribution is 0.640. The number of hydrogen-bond acceptors (Lipinski definition) is 3.